The van der Waals surface area contributed by atoms with E-state index in [1.54, 1.807) is 23.2 Å². The number of carbonyl (C=O) groups is 1. The first-order valence-corrected chi connectivity index (χ1v) is 7.51. The summed E-state index contributed by atoms with van der Waals surface area (Å²) in [5.41, 5.74) is 1.14. The average Bonchev–Trinajstić information content (AvgIpc) is 2.55. The van der Waals surface area contributed by atoms with Crippen LogP contribution in [0.1, 0.15) is 23.3 Å². The molecular formula is C15H19F2N3O2. The molecule has 1 aromatic heterocycles. The molecule has 0 aliphatic carbocycles. The van der Waals surface area contributed by atoms with Crippen LogP contribution in [0.2, 0.25) is 0 Å². The third-order valence-electron chi connectivity index (χ3n) is 4.12. The summed E-state index contributed by atoms with van der Waals surface area (Å²) in [4.78, 5) is 20.1. The molecule has 2 fully saturated rings. The fourth-order valence-corrected chi connectivity index (χ4v) is 2.75. The summed E-state index contributed by atoms with van der Waals surface area (Å²) in [6, 6.07) is 3.46. The van der Waals surface area contributed by atoms with Crippen molar-refractivity contribution in [1.82, 2.24) is 9.88 Å². The highest BCUT2D eigenvalue weighted by atomic mass is 19.3. The summed E-state index contributed by atoms with van der Waals surface area (Å²) in [5, 5.41) is 0. The molecule has 0 N–H and O–H groups in total. The molecule has 0 aromatic carbocycles. The van der Waals surface area contributed by atoms with Gasteiger partial charge in [-0.25, -0.2) is 8.78 Å². The van der Waals surface area contributed by atoms with Gasteiger partial charge < -0.3 is 14.5 Å². The second-order valence-corrected chi connectivity index (χ2v) is 5.65. The zero-order valence-electron chi connectivity index (χ0n) is 12.3. The third kappa shape index (κ3) is 3.35. The zero-order valence-corrected chi connectivity index (χ0v) is 12.3. The van der Waals surface area contributed by atoms with Gasteiger partial charge in [-0.05, 0) is 12.1 Å². The summed E-state index contributed by atoms with van der Waals surface area (Å²) in [6.07, 6.45) is 1.26. The molecule has 0 atom stereocenters. The number of hydrogen-bond donors (Lipinski definition) is 0. The van der Waals surface area contributed by atoms with Crippen LogP contribution >= 0.6 is 0 Å². The van der Waals surface area contributed by atoms with Crippen molar-refractivity contribution in [2.75, 3.05) is 44.3 Å². The maximum absolute atomic E-state index is 13.2. The summed E-state index contributed by atoms with van der Waals surface area (Å²) in [7, 11) is 0. The molecular weight excluding hydrogens is 292 g/mol. The van der Waals surface area contributed by atoms with Crippen molar-refractivity contribution in [3.05, 3.63) is 24.0 Å². The summed E-state index contributed by atoms with van der Waals surface area (Å²) >= 11 is 0. The van der Waals surface area contributed by atoms with Crippen LogP contribution in [-0.4, -0.2) is 61.1 Å². The van der Waals surface area contributed by atoms with Gasteiger partial charge in [-0.1, -0.05) is 0 Å². The summed E-state index contributed by atoms with van der Waals surface area (Å²) in [5.74, 6) is -2.71. The van der Waals surface area contributed by atoms with Crippen molar-refractivity contribution >= 4 is 11.6 Å². The highest BCUT2D eigenvalue weighted by Crippen LogP contribution is 2.30. The zero-order chi connectivity index (χ0) is 15.6. The molecule has 7 heteroatoms. The monoisotopic (exact) mass is 311 g/mol. The lowest BCUT2D eigenvalue weighted by Gasteiger charge is -2.33. The number of hydrogen-bond acceptors (Lipinski definition) is 4. The van der Waals surface area contributed by atoms with Crippen LogP contribution in [0.15, 0.2) is 18.3 Å². The first-order chi connectivity index (χ1) is 10.6. The van der Waals surface area contributed by atoms with Gasteiger partial charge in [-0.2, -0.15) is 0 Å². The Morgan fingerprint density at radius 3 is 2.55 bits per heavy atom. The van der Waals surface area contributed by atoms with Crippen molar-refractivity contribution in [2.24, 2.45) is 0 Å². The molecule has 2 saturated heterocycles. The molecule has 5 nitrogen and oxygen atoms in total. The Labute approximate surface area is 127 Å². The van der Waals surface area contributed by atoms with E-state index in [1.807, 2.05) is 4.90 Å². The van der Waals surface area contributed by atoms with Crippen molar-refractivity contribution in [3.8, 4) is 0 Å². The second-order valence-electron chi connectivity index (χ2n) is 5.65. The van der Waals surface area contributed by atoms with Crippen LogP contribution < -0.4 is 4.90 Å². The van der Waals surface area contributed by atoms with Crippen molar-refractivity contribution in [2.45, 2.75) is 18.8 Å². The van der Waals surface area contributed by atoms with Crippen molar-refractivity contribution in [3.63, 3.8) is 0 Å². The van der Waals surface area contributed by atoms with Gasteiger partial charge in [0.15, 0.2) is 0 Å². The van der Waals surface area contributed by atoms with E-state index in [4.69, 9.17) is 4.74 Å². The van der Waals surface area contributed by atoms with E-state index >= 15 is 0 Å². The Hall–Kier alpha value is -1.76. The highest BCUT2D eigenvalue weighted by molar-refractivity contribution is 5.93. The van der Waals surface area contributed by atoms with E-state index in [0.29, 0.717) is 45.1 Å². The van der Waals surface area contributed by atoms with Crippen LogP contribution in [0.4, 0.5) is 14.5 Å². The highest BCUT2D eigenvalue weighted by Gasteiger charge is 2.34. The van der Waals surface area contributed by atoms with Crippen LogP contribution in [0.5, 0.6) is 0 Å². The van der Waals surface area contributed by atoms with Crippen LogP contribution in [-0.2, 0) is 4.74 Å². The van der Waals surface area contributed by atoms with E-state index in [9.17, 15) is 13.6 Å². The molecule has 120 valence electrons. The summed E-state index contributed by atoms with van der Waals surface area (Å²) in [6.45, 7) is 2.77. The van der Waals surface area contributed by atoms with E-state index in [1.165, 1.54) is 0 Å². The number of halogens is 2. The van der Waals surface area contributed by atoms with Gasteiger partial charge in [0.05, 0.1) is 13.2 Å². The number of morpholine rings is 1. The number of ether oxygens (including phenoxy) is 1. The maximum Gasteiger partial charge on any atom is 0.272 e. The van der Waals surface area contributed by atoms with Crippen molar-refractivity contribution < 1.29 is 18.3 Å². The first kappa shape index (κ1) is 15.1. The number of nitrogens with zero attached hydrogens (tertiary/aromatic N) is 3. The SMILES string of the molecule is O=C(c1cc(N2CCC(F)(F)CC2)ccn1)N1CCOCC1. The topological polar surface area (TPSA) is 45.7 Å². The van der Waals surface area contributed by atoms with E-state index in [-0.39, 0.29) is 18.7 Å². The first-order valence-electron chi connectivity index (χ1n) is 7.51. The molecule has 2 aliphatic heterocycles. The third-order valence-corrected chi connectivity index (χ3v) is 4.12. The van der Waals surface area contributed by atoms with Crippen LogP contribution in [0.25, 0.3) is 0 Å². The lowest BCUT2D eigenvalue weighted by atomic mass is 10.1. The van der Waals surface area contributed by atoms with Gasteiger partial charge in [0, 0.05) is 50.9 Å². The summed E-state index contributed by atoms with van der Waals surface area (Å²) < 4.78 is 31.7. The maximum atomic E-state index is 13.2. The largest absolute Gasteiger partial charge is 0.378 e. The number of carbonyl (C=O) groups excluding carboxylic acids is 1. The Kier molecular flexibility index (Phi) is 4.24. The number of amides is 1. The number of aromatic nitrogens is 1. The Bertz CT molecular complexity index is 537. The standard InChI is InChI=1S/C15H19F2N3O2/c16-15(17)2-5-19(6-3-15)12-1-4-18-13(11-12)14(21)20-7-9-22-10-8-20/h1,4,11H,2-3,5-10H2. The smallest absolute Gasteiger partial charge is 0.272 e. The molecule has 0 bridgehead atoms. The van der Waals surface area contributed by atoms with Gasteiger partial charge >= 0.3 is 0 Å². The molecule has 2 aliphatic rings. The minimum atomic E-state index is -2.57. The van der Waals surface area contributed by atoms with Gasteiger partial charge in [0.25, 0.3) is 11.8 Å². The van der Waals surface area contributed by atoms with Gasteiger partial charge in [0.2, 0.25) is 0 Å². The van der Waals surface area contributed by atoms with Gasteiger partial charge in [-0.3, -0.25) is 9.78 Å². The number of rotatable bonds is 2. The Morgan fingerprint density at radius 2 is 1.86 bits per heavy atom. The number of pyridine rings is 1. The minimum Gasteiger partial charge on any atom is -0.378 e. The minimum absolute atomic E-state index is 0.132. The molecule has 1 aromatic rings. The molecule has 0 saturated carbocycles. The number of anilines is 1. The number of piperidine rings is 1. The molecule has 3 rings (SSSR count). The normalized spacial score (nSPS) is 21.7. The van der Waals surface area contributed by atoms with Gasteiger partial charge in [-0.15, -0.1) is 0 Å². The quantitative estimate of drug-likeness (QED) is 0.835. The average molecular weight is 311 g/mol. The predicted molar refractivity (Wildman–Crippen MR) is 77.4 cm³/mol. The molecule has 3 heterocycles. The molecule has 1 amide bonds. The predicted octanol–water partition coefficient (Wildman–Crippen LogP) is 1.79. The number of alkyl halides is 2. The van der Waals surface area contributed by atoms with Crippen molar-refractivity contribution in [1.29, 1.82) is 0 Å². The van der Waals surface area contributed by atoms with E-state index in [0.717, 1.165) is 5.69 Å². The molecule has 0 unspecified atom stereocenters. The molecule has 0 spiro atoms. The lowest BCUT2D eigenvalue weighted by Crippen LogP contribution is -2.41. The van der Waals surface area contributed by atoms with E-state index < -0.39 is 5.92 Å². The fraction of sp³-hybridized carbons (Fsp3) is 0.600. The second kappa shape index (κ2) is 6.16. The van der Waals surface area contributed by atoms with Crippen LogP contribution in [0, 0.1) is 0 Å². The lowest BCUT2D eigenvalue weighted by molar-refractivity contribution is -0.0220. The van der Waals surface area contributed by atoms with E-state index in [2.05, 4.69) is 4.98 Å². The van der Waals surface area contributed by atoms with Gasteiger partial charge in [0.1, 0.15) is 5.69 Å². The van der Waals surface area contributed by atoms with Crippen LogP contribution in [0.3, 0.4) is 0 Å². The fourth-order valence-electron chi connectivity index (χ4n) is 2.75. The molecule has 22 heavy (non-hydrogen) atoms. The molecule has 0 radical (unpaired) electrons. The Balaban J connectivity index is 1.71. The Morgan fingerprint density at radius 1 is 1.18 bits per heavy atom.